The maximum Gasteiger partial charge on any atom is 0.292 e. The highest BCUT2D eigenvalue weighted by Crippen LogP contribution is 2.33. The van der Waals surface area contributed by atoms with Crippen LogP contribution in [-0.2, 0) is 6.42 Å². The largest absolute Gasteiger partial charge is 0.292 e. The number of rotatable bonds is 2. The molecule has 0 spiro atoms. The fourth-order valence-electron chi connectivity index (χ4n) is 2.53. The molecule has 0 atom stereocenters. The average molecular weight is 326 g/mol. The van der Waals surface area contributed by atoms with E-state index in [1.165, 1.54) is 4.52 Å². The van der Waals surface area contributed by atoms with Crippen LogP contribution in [0.5, 0.6) is 0 Å². The molecule has 0 saturated heterocycles. The SMILES string of the molecule is CCc1ccc(N2C(=O)c3sc4nc(=O)cnn4c3C2=O)cc1. The number of fused-ring (bicyclic) bond motifs is 3. The van der Waals surface area contributed by atoms with Crippen LogP contribution in [0.4, 0.5) is 5.69 Å². The molecule has 0 bridgehead atoms. The Balaban J connectivity index is 1.84. The van der Waals surface area contributed by atoms with Crippen LogP contribution >= 0.6 is 11.3 Å². The van der Waals surface area contributed by atoms with Gasteiger partial charge in [0.05, 0.1) is 5.69 Å². The second kappa shape index (κ2) is 4.82. The van der Waals surface area contributed by atoms with Crippen molar-refractivity contribution in [3.8, 4) is 0 Å². The number of benzene rings is 1. The molecule has 0 aliphatic carbocycles. The summed E-state index contributed by atoms with van der Waals surface area (Å²) in [6, 6.07) is 7.27. The smallest absolute Gasteiger partial charge is 0.267 e. The molecule has 2 amide bonds. The molecule has 23 heavy (non-hydrogen) atoms. The van der Waals surface area contributed by atoms with Gasteiger partial charge in [0.15, 0.2) is 5.69 Å². The third-order valence-corrected chi connectivity index (χ3v) is 4.72. The van der Waals surface area contributed by atoms with Crippen molar-refractivity contribution in [3.05, 3.63) is 57.0 Å². The monoisotopic (exact) mass is 326 g/mol. The highest BCUT2D eigenvalue weighted by atomic mass is 32.1. The number of aromatic nitrogens is 3. The molecule has 1 aliphatic heterocycles. The highest BCUT2D eigenvalue weighted by molar-refractivity contribution is 7.19. The minimum absolute atomic E-state index is 0.155. The first-order valence-electron chi connectivity index (χ1n) is 6.96. The number of thiazole rings is 1. The number of nitrogens with zero attached hydrogens (tertiary/aromatic N) is 4. The maximum atomic E-state index is 12.7. The molecule has 3 aromatic rings. The number of hydrogen-bond acceptors (Lipinski definition) is 6. The van der Waals surface area contributed by atoms with Gasteiger partial charge < -0.3 is 0 Å². The van der Waals surface area contributed by atoms with Gasteiger partial charge in [0.2, 0.25) is 4.96 Å². The summed E-state index contributed by atoms with van der Waals surface area (Å²) in [5, 5.41) is 3.91. The summed E-state index contributed by atoms with van der Waals surface area (Å²) in [7, 11) is 0. The van der Waals surface area contributed by atoms with E-state index in [1.807, 2.05) is 19.1 Å². The van der Waals surface area contributed by atoms with E-state index in [9.17, 15) is 14.4 Å². The quantitative estimate of drug-likeness (QED) is 0.667. The fraction of sp³-hybridized carbons (Fsp3) is 0.133. The van der Waals surface area contributed by atoms with Crippen LogP contribution in [0.3, 0.4) is 0 Å². The zero-order valence-electron chi connectivity index (χ0n) is 12.0. The van der Waals surface area contributed by atoms with Crippen LogP contribution in [0.15, 0.2) is 35.3 Å². The summed E-state index contributed by atoms with van der Waals surface area (Å²) in [6.07, 6.45) is 1.90. The Morgan fingerprint density at radius 1 is 1.09 bits per heavy atom. The number of anilines is 1. The molecular formula is C15H10N4O3S. The second-order valence-corrected chi connectivity index (χ2v) is 6.01. The van der Waals surface area contributed by atoms with E-state index < -0.39 is 17.4 Å². The first-order valence-corrected chi connectivity index (χ1v) is 7.78. The lowest BCUT2D eigenvalue weighted by molar-refractivity contribution is 0.0924. The second-order valence-electron chi connectivity index (χ2n) is 5.03. The van der Waals surface area contributed by atoms with Gasteiger partial charge in [-0.3, -0.25) is 14.4 Å². The Bertz CT molecular complexity index is 1020. The summed E-state index contributed by atoms with van der Waals surface area (Å²) in [6.45, 7) is 2.03. The predicted molar refractivity (Wildman–Crippen MR) is 84.1 cm³/mol. The Morgan fingerprint density at radius 3 is 2.52 bits per heavy atom. The Morgan fingerprint density at radius 2 is 1.83 bits per heavy atom. The van der Waals surface area contributed by atoms with Crippen LogP contribution in [0.25, 0.3) is 4.96 Å². The van der Waals surface area contributed by atoms with E-state index in [1.54, 1.807) is 12.1 Å². The first kappa shape index (κ1) is 13.8. The molecule has 1 aromatic carbocycles. The molecule has 2 aromatic heterocycles. The van der Waals surface area contributed by atoms with Crippen LogP contribution in [0.1, 0.15) is 32.6 Å². The van der Waals surface area contributed by atoms with Crippen molar-refractivity contribution in [3.63, 3.8) is 0 Å². The molecule has 8 heteroatoms. The number of aryl methyl sites for hydroxylation is 1. The zero-order valence-corrected chi connectivity index (χ0v) is 12.8. The van der Waals surface area contributed by atoms with E-state index in [4.69, 9.17) is 0 Å². The van der Waals surface area contributed by atoms with E-state index in [0.29, 0.717) is 5.69 Å². The number of imide groups is 1. The van der Waals surface area contributed by atoms with Gasteiger partial charge in [0.1, 0.15) is 11.1 Å². The number of carbonyl (C=O) groups excluding carboxylic acids is 2. The van der Waals surface area contributed by atoms with Crippen molar-refractivity contribution < 1.29 is 9.59 Å². The van der Waals surface area contributed by atoms with E-state index in [-0.39, 0.29) is 15.5 Å². The lowest BCUT2D eigenvalue weighted by Crippen LogP contribution is -2.30. The molecule has 0 fully saturated rings. The molecule has 4 rings (SSSR count). The fourth-order valence-corrected chi connectivity index (χ4v) is 3.52. The Kier molecular flexibility index (Phi) is 2.88. The van der Waals surface area contributed by atoms with Gasteiger partial charge in [-0.05, 0) is 24.1 Å². The van der Waals surface area contributed by atoms with Crippen LogP contribution in [-0.4, -0.2) is 26.4 Å². The summed E-state index contributed by atoms with van der Waals surface area (Å²) < 4.78 is 1.25. The van der Waals surface area contributed by atoms with Gasteiger partial charge in [0, 0.05) is 0 Å². The first-order chi connectivity index (χ1) is 11.1. The van der Waals surface area contributed by atoms with E-state index >= 15 is 0 Å². The molecule has 114 valence electrons. The van der Waals surface area contributed by atoms with Crippen molar-refractivity contribution in [1.82, 2.24) is 14.6 Å². The Hall–Kier alpha value is -2.87. The van der Waals surface area contributed by atoms with Crippen molar-refractivity contribution in [2.75, 3.05) is 4.90 Å². The number of carbonyl (C=O) groups is 2. The van der Waals surface area contributed by atoms with Crippen molar-refractivity contribution >= 4 is 33.8 Å². The molecular weight excluding hydrogens is 316 g/mol. The van der Waals surface area contributed by atoms with E-state index in [0.717, 1.165) is 34.4 Å². The van der Waals surface area contributed by atoms with Gasteiger partial charge in [0.25, 0.3) is 17.4 Å². The standard InChI is InChI=1S/C15H10N4O3S/c1-2-8-3-5-9(6-4-8)18-13(21)11-12(14(18)22)23-15-17-10(20)7-16-19(11)15/h3-7H,2H2,1H3. The zero-order chi connectivity index (χ0) is 16.1. The average Bonchev–Trinajstić information content (AvgIpc) is 3.04. The van der Waals surface area contributed by atoms with Crippen LogP contribution in [0, 0.1) is 0 Å². The maximum absolute atomic E-state index is 12.7. The van der Waals surface area contributed by atoms with Crippen molar-refractivity contribution in [1.29, 1.82) is 0 Å². The van der Waals surface area contributed by atoms with Crippen LogP contribution in [0.2, 0.25) is 0 Å². The molecule has 0 N–H and O–H groups in total. The molecule has 0 unspecified atom stereocenters. The molecule has 0 saturated carbocycles. The highest BCUT2D eigenvalue weighted by Gasteiger charge is 2.41. The summed E-state index contributed by atoms with van der Waals surface area (Å²) >= 11 is 0.996. The lowest BCUT2D eigenvalue weighted by Gasteiger charge is -2.14. The molecule has 1 aliphatic rings. The normalized spacial score (nSPS) is 13.9. The minimum atomic E-state index is -0.503. The topological polar surface area (TPSA) is 84.6 Å². The van der Waals surface area contributed by atoms with Gasteiger partial charge in [-0.1, -0.05) is 30.4 Å². The van der Waals surface area contributed by atoms with Gasteiger partial charge in [-0.25, -0.2) is 4.90 Å². The van der Waals surface area contributed by atoms with Gasteiger partial charge in [-0.15, -0.1) is 0 Å². The number of amides is 2. The molecule has 7 nitrogen and oxygen atoms in total. The molecule has 0 radical (unpaired) electrons. The van der Waals surface area contributed by atoms with Crippen molar-refractivity contribution in [2.24, 2.45) is 0 Å². The minimum Gasteiger partial charge on any atom is -0.267 e. The summed E-state index contributed by atoms with van der Waals surface area (Å²) in [5.74, 6) is -0.877. The predicted octanol–water partition coefficient (Wildman–Crippen LogP) is 1.51. The number of hydrogen-bond donors (Lipinski definition) is 0. The molecule has 3 heterocycles. The lowest BCUT2D eigenvalue weighted by atomic mass is 10.1. The van der Waals surface area contributed by atoms with Crippen molar-refractivity contribution in [2.45, 2.75) is 13.3 Å². The van der Waals surface area contributed by atoms with Gasteiger partial charge >= 0.3 is 0 Å². The van der Waals surface area contributed by atoms with E-state index in [2.05, 4.69) is 10.1 Å². The summed E-state index contributed by atoms with van der Waals surface area (Å²) in [5.41, 5.74) is 1.29. The third-order valence-electron chi connectivity index (χ3n) is 3.70. The Labute approximate surface area is 133 Å². The third kappa shape index (κ3) is 1.92. The summed E-state index contributed by atoms with van der Waals surface area (Å²) in [4.78, 5) is 41.9. The van der Waals surface area contributed by atoms with Crippen LogP contribution < -0.4 is 10.5 Å². The van der Waals surface area contributed by atoms with Gasteiger partial charge in [-0.2, -0.15) is 14.6 Å².